The van der Waals surface area contributed by atoms with Gasteiger partial charge in [0.2, 0.25) is 0 Å². The molecule has 0 bridgehead atoms. The van der Waals surface area contributed by atoms with E-state index in [1.54, 1.807) is 0 Å². The minimum Gasteiger partial charge on any atom is -0.478 e. The number of carboxylic acid groups (broad SMARTS) is 3. The summed E-state index contributed by atoms with van der Waals surface area (Å²) < 4.78 is 0. The molecule has 1 aromatic carbocycles. The van der Waals surface area contributed by atoms with E-state index in [1.165, 1.54) is 0 Å². The van der Waals surface area contributed by atoms with Crippen LogP contribution in [0.1, 0.15) is 31.1 Å². The van der Waals surface area contributed by atoms with Crippen molar-refractivity contribution in [3.05, 3.63) is 28.8 Å². The van der Waals surface area contributed by atoms with Crippen molar-refractivity contribution in [2.24, 2.45) is 0 Å². The number of benzene rings is 1. The Morgan fingerprint density at radius 2 is 1.24 bits per heavy atom. The summed E-state index contributed by atoms with van der Waals surface area (Å²) in [5.41, 5.74) is 3.08. The third-order valence-electron chi connectivity index (χ3n) is 1.84. The van der Waals surface area contributed by atoms with Crippen LogP contribution >= 0.6 is 0 Å². The van der Waals surface area contributed by atoms with Crippen molar-refractivity contribution >= 4 is 23.6 Å². The van der Waals surface area contributed by atoms with E-state index < -0.39 is 34.6 Å². The Morgan fingerprint density at radius 1 is 0.882 bits per heavy atom. The van der Waals surface area contributed by atoms with Gasteiger partial charge in [-0.1, -0.05) is 0 Å². The minimum absolute atomic E-state index is 0. The first-order valence-electron chi connectivity index (χ1n) is 3.98. The molecule has 0 spiro atoms. The molecule has 87 valence electrons. The Balaban J connectivity index is 0.00000256. The molecule has 0 saturated carbocycles. The van der Waals surface area contributed by atoms with Gasteiger partial charge in [-0.2, -0.15) is 0 Å². The first-order valence-corrected chi connectivity index (χ1v) is 3.98. The van der Waals surface area contributed by atoms with Crippen molar-refractivity contribution in [3.8, 4) is 0 Å². The SMILES string of the molecule is Nc1cc(C(=O)O)c(C(=O)O)c(C(=O)O)c1.[La]. The Morgan fingerprint density at radius 3 is 1.47 bits per heavy atom. The number of nitrogens with two attached hydrogens (primary N) is 1. The Hall–Kier alpha value is -1.38. The van der Waals surface area contributed by atoms with E-state index in [1.807, 2.05) is 0 Å². The summed E-state index contributed by atoms with van der Waals surface area (Å²) in [6, 6.07) is 1.80. The maximum Gasteiger partial charge on any atom is 0.337 e. The quantitative estimate of drug-likeness (QED) is 0.568. The third kappa shape index (κ3) is 3.29. The molecular weight excluding hydrogens is 357 g/mol. The molecule has 0 amide bonds. The van der Waals surface area contributed by atoms with E-state index in [-0.39, 0.29) is 41.3 Å². The number of carboxylic acids is 3. The van der Waals surface area contributed by atoms with Crippen molar-refractivity contribution in [2.45, 2.75) is 0 Å². The molecule has 1 rings (SSSR count). The average Bonchev–Trinajstić information content (AvgIpc) is 2.15. The predicted octanol–water partition coefficient (Wildman–Crippen LogP) is 0.363. The molecule has 0 aliphatic carbocycles. The average molecular weight is 364 g/mol. The molecule has 0 unspecified atom stereocenters. The van der Waals surface area contributed by atoms with Crippen LogP contribution < -0.4 is 5.73 Å². The van der Waals surface area contributed by atoms with Crippen molar-refractivity contribution in [1.82, 2.24) is 0 Å². The standard InChI is InChI=1S/C9H7NO6.La/c10-3-1-4(7(11)12)6(9(15)16)5(2-3)8(13)14;/h1-2H,10H2,(H,11,12)(H,13,14)(H,15,16);. The summed E-state index contributed by atoms with van der Waals surface area (Å²) in [6.07, 6.45) is 0. The van der Waals surface area contributed by atoms with Crippen molar-refractivity contribution in [3.63, 3.8) is 0 Å². The number of aromatic carboxylic acids is 3. The first-order chi connectivity index (χ1) is 7.34. The van der Waals surface area contributed by atoms with Gasteiger partial charge in [0.1, 0.15) is 0 Å². The summed E-state index contributed by atoms with van der Waals surface area (Å²) in [4.78, 5) is 32.3. The fourth-order valence-electron chi connectivity index (χ4n) is 1.23. The fourth-order valence-corrected chi connectivity index (χ4v) is 1.23. The van der Waals surface area contributed by atoms with Gasteiger partial charge in [-0.15, -0.1) is 0 Å². The number of hydrogen-bond donors (Lipinski definition) is 4. The van der Waals surface area contributed by atoms with Gasteiger partial charge >= 0.3 is 17.9 Å². The maximum atomic E-state index is 10.8. The monoisotopic (exact) mass is 364 g/mol. The number of carbonyl (C=O) groups is 3. The molecule has 0 aliphatic rings. The van der Waals surface area contributed by atoms with E-state index in [4.69, 9.17) is 21.1 Å². The molecular formula is C9H7LaNO6. The molecule has 17 heavy (non-hydrogen) atoms. The molecule has 7 nitrogen and oxygen atoms in total. The van der Waals surface area contributed by atoms with Crippen LogP contribution in [0.15, 0.2) is 12.1 Å². The van der Waals surface area contributed by atoms with Gasteiger partial charge in [-0.25, -0.2) is 14.4 Å². The van der Waals surface area contributed by atoms with Gasteiger partial charge in [0.15, 0.2) is 0 Å². The largest absolute Gasteiger partial charge is 0.478 e. The fraction of sp³-hybridized carbons (Fsp3) is 0. The Kier molecular flexibility index (Phi) is 5.34. The number of rotatable bonds is 3. The zero-order valence-corrected chi connectivity index (χ0v) is 12.0. The Labute approximate surface area is 123 Å². The molecule has 0 saturated heterocycles. The molecule has 1 aromatic rings. The number of hydrogen-bond acceptors (Lipinski definition) is 4. The molecule has 0 aromatic heterocycles. The van der Waals surface area contributed by atoms with E-state index in [9.17, 15) is 14.4 Å². The number of anilines is 1. The van der Waals surface area contributed by atoms with Gasteiger partial charge in [0.05, 0.1) is 16.7 Å². The van der Waals surface area contributed by atoms with Crippen LogP contribution in [0.25, 0.3) is 0 Å². The summed E-state index contributed by atoms with van der Waals surface area (Å²) in [7, 11) is 0. The topological polar surface area (TPSA) is 138 Å². The summed E-state index contributed by atoms with van der Waals surface area (Å²) in [5, 5.41) is 26.2. The van der Waals surface area contributed by atoms with Crippen molar-refractivity contribution < 1.29 is 65.3 Å². The van der Waals surface area contributed by atoms with Crippen LogP contribution in [-0.2, 0) is 0 Å². The van der Waals surface area contributed by atoms with Crippen LogP contribution in [0.2, 0.25) is 0 Å². The zero-order chi connectivity index (χ0) is 12.5. The molecule has 8 heteroatoms. The molecule has 0 heterocycles. The van der Waals surface area contributed by atoms with Gasteiger partial charge in [-0.05, 0) is 12.1 Å². The van der Waals surface area contributed by atoms with Gasteiger partial charge in [0, 0.05) is 41.3 Å². The zero-order valence-electron chi connectivity index (χ0n) is 8.38. The minimum atomic E-state index is -1.63. The van der Waals surface area contributed by atoms with Crippen LogP contribution in [0, 0.1) is 35.6 Å². The first kappa shape index (κ1) is 15.6. The summed E-state index contributed by atoms with van der Waals surface area (Å²) in [5.74, 6) is -4.73. The van der Waals surface area contributed by atoms with Gasteiger partial charge in [0.25, 0.3) is 0 Å². The summed E-state index contributed by atoms with van der Waals surface area (Å²) in [6.45, 7) is 0. The van der Waals surface area contributed by atoms with E-state index in [0.717, 1.165) is 12.1 Å². The Bertz CT molecular complexity index is 463. The van der Waals surface area contributed by atoms with Gasteiger partial charge in [-0.3, -0.25) is 0 Å². The molecule has 5 N–H and O–H groups in total. The van der Waals surface area contributed by atoms with Crippen LogP contribution in [-0.4, -0.2) is 33.2 Å². The predicted molar refractivity (Wildman–Crippen MR) is 51.7 cm³/mol. The van der Waals surface area contributed by atoms with Crippen molar-refractivity contribution in [2.75, 3.05) is 5.73 Å². The molecule has 0 aliphatic heterocycles. The second-order valence-corrected chi connectivity index (χ2v) is 2.91. The van der Waals surface area contributed by atoms with E-state index >= 15 is 0 Å². The molecule has 0 atom stereocenters. The normalized spacial score (nSPS) is 9.18. The van der Waals surface area contributed by atoms with Gasteiger partial charge < -0.3 is 21.1 Å². The second-order valence-electron chi connectivity index (χ2n) is 2.91. The summed E-state index contributed by atoms with van der Waals surface area (Å²) >= 11 is 0. The molecule has 0 fully saturated rings. The second kappa shape index (κ2) is 5.81. The van der Waals surface area contributed by atoms with E-state index in [0.29, 0.717) is 0 Å². The van der Waals surface area contributed by atoms with Crippen molar-refractivity contribution in [1.29, 1.82) is 0 Å². The smallest absolute Gasteiger partial charge is 0.337 e. The van der Waals surface area contributed by atoms with E-state index in [2.05, 4.69) is 0 Å². The maximum absolute atomic E-state index is 10.8. The number of nitrogen functional groups attached to an aromatic ring is 1. The molecule has 1 radical (unpaired) electrons. The van der Waals surface area contributed by atoms with Crippen LogP contribution in [0.3, 0.4) is 0 Å². The van der Waals surface area contributed by atoms with Crippen LogP contribution in [0.4, 0.5) is 5.69 Å². The van der Waals surface area contributed by atoms with Crippen LogP contribution in [0.5, 0.6) is 0 Å². The third-order valence-corrected chi connectivity index (χ3v) is 1.84.